The molecular weight excluding hydrogens is 284 g/mol. The first kappa shape index (κ1) is 16.7. The molecule has 2 rings (SSSR count). The molecule has 0 saturated carbocycles. The zero-order valence-electron chi connectivity index (χ0n) is 14.1. The van der Waals surface area contributed by atoms with Crippen molar-refractivity contribution in [1.82, 2.24) is 9.78 Å². The van der Waals surface area contributed by atoms with Crippen molar-refractivity contribution in [3.8, 4) is 0 Å². The second-order valence-electron chi connectivity index (χ2n) is 7.03. The molecule has 0 aliphatic carbocycles. The van der Waals surface area contributed by atoms with Gasteiger partial charge in [0, 0.05) is 26.7 Å². The van der Waals surface area contributed by atoms with Crippen LogP contribution in [0.3, 0.4) is 0 Å². The topological polar surface area (TPSA) is 73.4 Å². The summed E-state index contributed by atoms with van der Waals surface area (Å²) in [5.74, 6) is 0.599. The molecule has 1 aliphatic heterocycles. The Morgan fingerprint density at radius 2 is 2.05 bits per heavy atom. The molecule has 0 radical (unpaired) electrons. The van der Waals surface area contributed by atoms with Crippen LogP contribution in [-0.4, -0.2) is 40.5 Å². The first-order chi connectivity index (χ1) is 10.3. The van der Waals surface area contributed by atoms with Gasteiger partial charge in [-0.1, -0.05) is 20.8 Å². The average Bonchev–Trinajstić information content (AvgIpc) is 2.68. The van der Waals surface area contributed by atoms with Gasteiger partial charge in [0.25, 0.3) is 0 Å². The van der Waals surface area contributed by atoms with Gasteiger partial charge in [-0.05, 0) is 24.7 Å². The molecule has 0 amide bonds. The third-order valence-electron chi connectivity index (χ3n) is 4.52. The Bertz CT molecular complexity index is 535. The van der Waals surface area contributed by atoms with Gasteiger partial charge in [0.1, 0.15) is 6.20 Å². The highest BCUT2D eigenvalue weighted by Crippen LogP contribution is 2.38. The Labute approximate surface area is 131 Å². The summed E-state index contributed by atoms with van der Waals surface area (Å²) in [6, 6.07) is 0.210. The maximum atomic E-state index is 11.3. The maximum absolute atomic E-state index is 11.3. The van der Waals surface area contributed by atoms with Crippen molar-refractivity contribution in [2.75, 3.05) is 18.6 Å². The van der Waals surface area contributed by atoms with E-state index < -0.39 is 0 Å². The van der Waals surface area contributed by atoms with Crippen LogP contribution in [0, 0.1) is 15.5 Å². The van der Waals surface area contributed by atoms with Crippen LogP contribution < -0.4 is 4.90 Å². The Morgan fingerprint density at radius 1 is 1.36 bits per heavy atom. The molecule has 22 heavy (non-hydrogen) atoms. The summed E-state index contributed by atoms with van der Waals surface area (Å²) >= 11 is 0. The van der Waals surface area contributed by atoms with Crippen molar-refractivity contribution in [3.05, 3.63) is 16.3 Å². The predicted octanol–water partition coefficient (Wildman–Crippen LogP) is 2.75. The molecule has 2 atom stereocenters. The average molecular weight is 310 g/mol. The van der Waals surface area contributed by atoms with Gasteiger partial charge in [0.05, 0.1) is 11.0 Å². The van der Waals surface area contributed by atoms with Crippen LogP contribution in [0.25, 0.3) is 0 Å². The minimum absolute atomic E-state index is 0.0147. The minimum atomic E-state index is -0.346. The fraction of sp³-hybridized carbons (Fsp3) is 0.800. The number of rotatable bonds is 3. The van der Waals surface area contributed by atoms with Crippen LogP contribution in [-0.2, 0) is 11.8 Å². The monoisotopic (exact) mass is 310 g/mol. The molecule has 0 N–H and O–H groups in total. The van der Waals surface area contributed by atoms with E-state index in [9.17, 15) is 10.1 Å². The number of aromatic nitrogens is 2. The number of nitrogens with zero attached hydrogens (tertiary/aromatic N) is 4. The van der Waals surface area contributed by atoms with Crippen molar-refractivity contribution < 1.29 is 9.66 Å². The van der Waals surface area contributed by atoms with Crippen LogP contribution in [0.15, 0.2) is 6.20 Å². The highest BCUT2D eigenvalue weighted by molar-refractivity contribution is 5.58. The Morgan fingerprint density at radius 3 is 2.59 bits per heavy atom. The molecule has 1 fully saturated rings. The molecule has 0 spiro atoms. The van der Waals surface area contributed by atoms with Crippen molar-refractivity contribution in [2.45, 2.75) is 52.2 Å². The molecule has 1 saturated heterocycles. The largest absolute Gasteiger partial charge is 0.381 e. The Hall–Kier alpha value is -1.63. The van der Waals surface area contributed by atoms with Gasteiger partial charge in [-0.15, -0.1) is 0 Å². The van der Waals surface area contributed by atoms with Gasteiger partial charge < -0.3 is 9.64 Å². The number of hydrogen-bond acceptors (Lipinski definition) is 5. The fourth-order valence-electron chi connectivity index (χ4n) is 3.35. The molecule has 1 aromatic rings. The maximum Gasteiger partial charge on any atom is 0.331 e. The van der Waals surface area contributed by atoms with Crippen molar-refractivity contribution in [3.63, 3.8) is 0 Å². The highest BCUT2D eigenvalue weighted by Gasteiger charge is 2.38. The van der Waals surface area contributed by atoms with Crippen molar-refractivity contribution in [1.29, 1.82) is 0 Å². The molecule has 7 heteroatoms. The highest BCUT2D eigenvalue weighted by atomic mass is 16.6. The summed E-state index contributed by atoms with van der Waals surface area (Å²) in [6.07, 6.45) is 4.34. The lowest BCUT2D eigenvalue weighted by Crippen LogP contribution is -2.45. The van der Waals surface area contributed by atoms with Gasteiger partial charge in [0.2, 0.25) is 5.82 Å². The summed E-state index contributed by atoms with van der Waals surface area (Å²) in [4.78, 5) is 13.2. The standard InChI is InChI=1S/C15H26N4O3/c1-15(2,3)13-7-6-11(22-5)8-9-18(13)14-12(19(20)21)10-16-17(14)4/h10-11,13H,6-9H2,1-5H3. The van der Waals surface area contributed by atoms with E-state index in [-0.39, 0.29) is 28.2 Å². The number of hydrogen-bond donors (Lipinski definition) is 0. The van der Waals surface area contributed by atoms with Crippen LogP contribution in [0.5, 0.6) is 0 Å². The van der Waals surface area contributed by atoms with Crippen LogP contribution in [0.2, 0.25) is 0 Å². The first-order valence-corrected chi connectivity index (χ1v) is 7.71. The Kier molecular flexibility index (Phi) is 4.75. The Balaban J connectivity index is 2.44. The molecular formula is C15H26N4O3. The van der Waals surface area contributed by atoms with E-state index in [1.54, 1.807) is 18.8 Å². The molecule has 0 bridgehead atoms. The number of methoxy groups -OCH3 is 1. The molecule has 2 heterocycles. The number of nitro groups is 1. The van der Waals surface area contributed by atoms with E-state index in [4.69, 9.17) is 4.74 Å². The molecule has 2 unspecified atom stereocenters. The lowest BCUT2D eigenvalue weighted by atomic mass is 9.83. The SMILES string of the molecule is COC1CCC(C(C)(C)C)N(c2c([N+](=O)[O-])cnn2C)CC1. The number of aryl methyl sites for hydroxylation is 1. The van der Waals surface area contributed by atoms with Crippen molar-refractivity contribution in [2.24, 2.45) is 12.5 Å². The van der Waals surface area contributed by atoms with Crippen molar-refractivity contribution >= 4 is 11.5 Å². The van der Waals surface area contributed by atoms with Gasteiger partial charge in [0.15, 0.2) is 0 Å². The van der Waals surface area contributed by atoms with E-state index in [0.717, 1.165) is 25.8 Å². The van der Waals surface area contributed by atoms with Gasteiger partial charge in [-0.3, -0.25) is 10.1 Å². The summed E-state index contributed by atoms with van der Waals surface area (Å²) in [6.45, 7) is 7.28. The number of anilines is 1. The third kappa shape index (κ3) is 3.24. The molecule has 124 valence electrons. The molecule has 0 aromatic carbocycles. The molecule has 1 aromatic heterocycles. The summed E-state index contributed by atoms with van der Waals surface area (Å²) in [5.41, 5.74) is 0.0911. The van der Waals surface area contributed by atoms with E-state index in [2.05, 4.69) is 30.8 Å². The summed E-state index contributed by atoms with van der Waals surface area (Å²) in [5, 5.41) is 15.4. The second-order valence-corrected chi connectivity index (χ2v) is 7.03. The zero-order valence-corrected chi connectivity index (χ0v) is 14.1. The smallest absolute Gasteiger partial charge is 0.331 e. The van der Waals surface area contributed by atoms with Crippen LogP contribution >= 0.6 is 0 Å². The normalized spacial score (nSPS) is 23.4. The van der Waals surface area contributed by atoms with E-state index in [1.165, 1.54) is 6.20 Å². The van der Waals surface area contributed by atoms with E-state index in [1.807, 2.05) is 0 Å². The summed E-state index contributed by atoms with van der Waals surface area (Å²) in [7, 11) is 3.50. The fourth-order valence-corrected chi connectivity index (χ4v) is 3.35. The lowest BCUT2D eigenvalue weighted by molar-refractivity contribution is -0.384. The summed E-state index contributed by atoms with van der Waals surface area (Å²) < 4.78 is 7.14. The quantitative estimate of drug-likeness (QED) is 0.634. The zero-order chi connectivity index (χ0) is 16.5. The van der Waals surface area contributed by atoms with Gasteiger partial charge in [-0.2, -0.15) is 5.10 Å². The van der Waals surface area contributed by atoms with E-state index in [0.29, 0.717) is 5.82 Å². The van der Waals surface area contributed by atoms with Crippen LogP contribution in [0.4, 0.5) is 11.5 Å². The third-order valence-corrected chi connectivity index (χ3v) is 4.52. The predicted molar refractivity (Wildman–Crippen MR) is 85.1 cm³/mol. The number of ether oxygens (including phenoxy) is 1. The second kappa shape index (κ2) is 6.24. The van der Waals surface area contributed by atoms with Gasteiger partial charge >= 0.3 is 5.69 Å². The van der Waals surface area contributed by atoms with Gasteiger partial charge in [-0.25, -0.2) is 4.68 Å². The van der Waals surface area contributed by atoms with E-state index >= 15 is 0 Å². The molecule has 7 nitrogen and oxygen atoms in total. The first-order valence-electron chi connectivity index (χ1n) is 7.71. The molecule has 1 aliphatic rings. The lowest BCUT2D eigenvalue weighted by Gasteiger charge is -2.39. The van der Waals surface area contributed by atoms with Crippen LogP contribution in [0.1, 0.15) is 40.0 Å². The minimum Gasteiger partial charge on any atom is -0.381 e.